The highest BCUT2D eigenvalue weighted by Crippen LogP contribution is 2.34. The smallest absolute Gasteiger partial charge is 0.226 e. The molecule has 0 saturated carbocycles. The lowest BCUT2D eigenvalue weighted by atomic mass is 10.0. The van der Waals surface area contributed by atoms with Crippen molar-refractivity contribution in [3.63, 3.8) is 0 Å². The Balaban J connectivity index is 1.25. The van der Waals surface area contributed by atoms with Gasteiger partial charge < -0.3 is 24.3 Å². The molecule has 0 aliphatic rings. The number of benzene rings is 3. The quantitative estimate of drug-likeness (QED) is 0.156. The van der Waals surface area contributed by atoms with Crippen LogP contribution in [0.3, 0.4) is 0 Å². The minimum absolute atomic E-state index is 0.154. The van der Waals surface area contributed by atoms with Crippen molar-refractivity contribution in [3.05, 3.63) is 72.1 Å². The monoisotopic (exact) mass is 615 g/mol. The van der Waals surface area contributed by atoms with E-state index in [2.05, 4.69) is 20.5 Å². The van der Waals surface area contributed by atoms with Gasteiger partial charge in [0.25, 0.3) is 0 Å². The molecule has 2 heterocycles. The summed E-state index contributed by atoms with van der Waals surface area (Å²) in [5.74, 6) is 3.05. The summed E-state index contributed by atoms with van der Waals surface area (Å²) in [7, 11) is 6.43. The van der Waals surface area contributed by atoms with Crippen molar-refractivity contribution >= 4 is 34.1 Å². The molecule has 0 aliphatic carbocycles. The zero-order chi connectivity index (χ0) is 30.2. The van der Waals surface area contributed by atoms with Crippen molar-refractivity contribution in [2.24, 2.45) is 0 Å². The molecule has 2 aromatic heterocycles. The van der Waals surface area contributed by atoms with Crippen LogP contribution < -0.4 is 24.3 Å². The summed E-state index contributed by atoms with van der Waals surface area (Å²) in [6.45, 7) is 0. The molecule has 0 fully saturated rings. The number of hydrogen-bond acceptors (Lipinski definition) is 11. The lowest BCUT2D eigenvalue weighted by Crippen LogP contribution is -2.12. The van der Waals surface area contributed by atoms with E-state index in [9.17, 15) is 4.79 Å². The van der Waals surface area contributed by atoms with Gasteiger partial charge in [-0.1, -0.05) is 11.8 Å². The first-order valence-electron chi connectivity index (χ1n) is 13.2. The first kappa shape index (κ1) is 29.8. The zero-order valence-electron chi connectivity index (χ0n) is 24.0. The van der Waals surface area contributed by atoms with E-state index in [1.807, 2.05) is 72.1 Å². The van der Waals surface area contributed by atoms with Gasteiger partial charge in [0, 0.05) is 34.2 Å². The van der Waals surface area contributed by atoms with E-state index >= 15 is 0 Å². The molecule has 3 aromatic carbocycles. The molecular weight excluding hydrogens is 587 g/mol. The van der Waals surface area contributed by atoms with Crippen LogP contribution in [-0.4, -0.2) is 60.3 Å². The molecule has 0 unspecified atom stereocenters. The molecule has 43 heavy (non-hydrogen) atoms. The summed E-state index contributed by atoms with van der Waals surface area (Å²) in [5.41, 5.74) is 4.65. The van der Waals surface area contributed by atoms with Gasteiger partial charge in [-0.25, -0.2) is 9.97 Å². The van der Waals surface area contributed by atoms with Gasteiger partial charge in [-0.05, 0) is 66.7 Å². The van der Waals surface area contributed by atoms with Crippen LogP contribution in [-0.2, 0) is 4.79 Å². The van der Waals surface area contributed by atoms with Crippen LogP contribution in [0.2, 0.25) is 0 Å². The third-order valence-electron chi connectivity index (χ3n) is 6.38. The molecule has 1 amide bonds. The van der Waals surface area contributed by atoms with Crippen LogP contribution in [0.25, 0.3) is 33.8 Å². The number of hydrogen-bond donors (Lipinski definition) is 1. The van der Waals surface area contributed by atoms with Gasteiger partial charge in [0.2, 0.25) is 11.1 Å². The Morgan fingerprint density at radius 1 is 0.744 bits per heavy atom. The molecule has 12 heteroatoms. The first-order valence-corrected chi connectivity index (χ1v) is 15.0. The summed E-state index contributed by atoms with van der Waals surface area (Å²) < 4.78 is 21.3. The second-order valence-electron chi connectivity index (χ2n) is 9.00. The molecule has 0 aliphatic heterocycles. The summed E-state index contributed by atoms with van der Waals surface area (Å²) in [6.07, 6.45) is 0.247. The molecule has 0 atom stereocenters. The van der Waals surface area contributed by atoms with E-state index in [4.69, 9.17) is 23.9 Å². The minimum atomic E-state index is -0.154. The molecule has 0 bridgehead atoms. The van der Waals surface area contributed by atoms with E-state index in [0.29, 0.717) is 38.9 Å². The maximum Gasteiger partial charge on any atom is 0.226 e. The fraction of sp³-hybridized carbons (Fsp3) is 0.194. The predicted octanol–water partition coefficient (Wildman–Crippen LogP) is 6.48. The standard InChI is InChI=1S/C31H29N5O5S2/c1-38-22-10-5-19(6-11-22)28-29(20-7-12-23(39-2)13-8-20)35-36-31(34-28)42-16-15-27(37)33-30-32-24(18-43-30)21-9-14-25(40-3)26(17-21)41-4/h5-14,17-18H,15-16H2,1-4H3,(H,32,33,37). The van der Waals surface area contributed by atoms with Gasteiger partial charge in [0.05, 0.1) is 34.1 Å². The Kier molecular flexibility index (Phi) is 9.70. The van der Waals surface area contributed by atoms with Crippen LogP contribution >= 0.6 is 23.1 Å². The Hall–Kier alpha value is -4.68. The van der Waals surface area contributed by atoms with Crippen molar-refractivity contribution in [2.75, 3.05) is 39.5 Å². The molecule has 220 valence electrons. The average Bonchev–Trinajstić information content (AvgIpc) is 3.52. The molecule has 0 saturated heterocycles. The molecule has 0 spiro atoms. The van der Waals surface area contributed by atoms with E-state index in [1.54, 1.807) is 28.4 Å². The largest absolute Gasteiger partial charge is 0.497 e. The summed E-state index contributed by atoms with van der Waals surface area (Å²) in [5, 5.41) is 14.6. The number of carbonyl (C=O) groups excluding carboxylic acids is 1. The number of thioether (sulfide) groups is 1. The maximum absolute atomic E-state index is 12.7. The van der Waals surface area contributed by atoms with Crippen molar-refractivity contribution in [1.82, 2.24) is 20.2 Å². The van der Waals surface area contributed by atoms with Gasteiger partial charge in [-0.2, -0.15) is 0 Å². The number of aromatic nitrogens is 4. The lowest BCUT2D eigenvalue weighted by molar-refractivity contribution is -0.115. The van der Waals surface area contributed by atoms with Crippen molar-refractivity contribution in [2.45, 2.75) is 11.6 Å². The van der Waals surface area contributed by atoms with E-state index in [-0.39, 0.29) is 12.3 Å². The lowest BCUT2D eigenvalue weighted by Gasteiger charge is -2.10. The number of ether oxygens (including phenoxy) is 4. The summed E-state index contributed by atoms with van der Waals surface area (Å²) >= 11 is 2.72. The second kappa shape index (κ2) is 14.0. The second-order valence-corrected chi connectivity index (χ2v) is 10.9. The van der Waals surface area contributed by atoms with Crippen molar-refractivity contribution in [3.8, 4) is 56.8 Å². The predicted molar refractivity (Wildman–Crippen MR) is 168 cm³/mol. The van der Waals surface area contributed by atoms with Crippen molar-refractivity contribution in [1.29, 1.82) is 0 Å². The van der Waals surface area contributed by atoms with Gasteiger partial charge in [0.1, 0.15) is 22.9 Å². The number of amides is 1. The topological polar surface area (TPSA) is 118 Å². The van der Waals surface area contributed by atoms with Crippen LogP contribution in [0.15, 0.2) is 77.3 Å². The van der Waals surface area contributed by atoms with E-state index < -0.39 is 0 Å². The Morgan fingerprint density at radius 2 is 1.37 bits per heavy atom. The van der Waals surface area contributed by atoms with Crippen molar-refractivity contribution < 1.29 is 23.7 Å². The molecule has 10 nitrogen and oxygen atoms in total. The van der Waals surface area contributed by atoms with E-state index in [1.165, 1.54) is 23.1 Å². The Morgan fingerprint density at radius 3 is 2.00 bits per heavy atom. The third kappa shape index (κ3) is 7.22. The number of rotatable bonds is 12. The molecule has 0 radical (unpaired) electrons. The molecule has 5 aromatic rings. The highest BCUT2D eigenvalue weighted by Gasteiger charge is 2.16. The van der Waals surface area contributed by atoms with Crippen LogP contribution in [0.1, 0.15) is 6.42 Å². The first-order chi connectivity index (χ1) is 21.0. The third-order valence-corrected chi connectivity index (χ3v) is 7.98. The number of carbonyl (C=O) groups is 1. The fourth-order valence-corrected chi connectivity index (χ4v) is 5.60. The number of thiazole rings is 1. The van der Waals surface area contributed by atoms with E-state index in [0.717, 1.165) is 33.9 Å². The molecule has 5 rings (SSSR count). The molecule has 1 N–H and O–H groups in total. The highest BCUT2D eigenvalue weighted by molar-refractivity contribution is 7.99. The fourth-order valence-electron chi connectivity index (χ4n) is 4.14. The number of methoxy groups -OCH3 is 4. The molecular formula is C31H29N5O5S2. The average molecular weight is 616 g/mol. The summed E-state index contributed by atoms with van der Waals surface area (Å²) in [6, 6.07) is 20.8. The van der Waals surface area contributed by atoms with Crippen LogP contribution in [0, 0.1) is 0 Å². The number of nitrogens with one attached hydrogen (secondary N) is 1. The van der Waals surface area contributed by atoms with Gasteiger partial charge in [0.15, 0.2) is 16.6 Å². The van der Waals surface area contributed by atoms with Crippen LogP contribution in [0.5, 0.6) is 23.0 Å². The van der Waals surface area contributed by atoms with Gasteiger partial charge in [-0.15, -0.1) is 21.5 Å². The van der Waals surface area contributed by atoms with Gasteiger partial charge >= 0.3 is 0 Å². The zero-order valence-corrected chi connectivity index (χ0v) is 25.6. The number of anilines is 1. The van der Waals surface area contributed by atoms with Gasteiger partial charge in [-0.3, -0.25) is 4.79 Å². The number of nitrogens with zero attached hydrogens (tertiary/aromatic N) is 4. The van der Waals surface area contributed by atoms with Crippen LogP contribution in [0.4, 0.5) is 5.13 Å². The Labute approximate surface area is 257 Å². The summed E-state index contributed by atoms with van der Waals surface area (Å²) in [4.78, 5) is 22.1. The SMILES string of the molecule is COc1ccc(-c2nnc(SCCC(=O)Nc3nc(-c4ccc(OC)c(OC)c4)cs3)nc2-c2ccc(OC)cc2)cc1. The normalized spacial score (nSPS) is 10.7. The highest BCUT2D eigenvalue weighted by atomic mass is 32.2. The maximum atomic E-state index is 12.7. The Bertz CT molecular complexity index is 1690. The minimum Gasteiger partial charge on any atom is -0.497 e.